The zero-order valence-corrected chi connectivity index (χ0v) is 13.0. The highest BCUT2D eigenvalue weighted by atomic mass is 79.9. The van der Waals surface area contributed by atoms with Crippen LogP contribution in [-0.4, -0.2) is 21.9 Å². The molecular weight excluding hydrogens is 342 g/mol. The van der Waals surface area contributed by atoms with Crippen LogP contribution in [0.3, 0.4) is 0 Å². The molecule has 0 radical (unpaired) electrons. The minimum atomic E-state index is 0.484. The minimum absolute atomic E-state index is 0.484. The van der Waals surface area contributed by atoms with Gasteiger partial charge in [-0.2, -0.15) is 5.10 Å². The highest BCUT2D eigenvalue weighted by Gasteiger charge is 2.07. The molecule has 0 atom stereocenters. The molecule has 0 aliphatic rings. The van der Waals surface area contributed by atoms with Crippen LogP contribution in [0.1, 0.15) is 5.56 Å². The molecule has 3 rings (SSSR count). The van der Waals surface area contributed by atoms with Gasteiger partial charge in [0.2, 0.25) is 0 Å². The van der Waals surface area contributed by atoms with Crippen molar-refractivity contribution in [3.8, 4) is 5.75 Å². The molecule has 102 valence electrons. The van der Waals surface area contributed by atoms with E-state index in [4.69, 9.17) is 16.3 Å². The fourth-order valence-corrected chi connectivity index (χ4v) is 2.54. The molecule has 0 spiro atoms. The van der Waals surface area contributed by atoms with Gasteiger partial charge in [0.05, 0.1) is 29.8 Å². The molecule has 0 N–H and O–H groups in total. The van der Waals surface area contributed by atoms with Crippen LogP contribution in [0.2, 0.25) is 5.15 Å². The first kappa shape index (κ1) is 13.4. The van der Waals surface area contributed by atoms with Gasteiger partial charge in [0, 0.05) is 23.2 Å². The quantitative estimate of drug-likeness (QED) is 0.671. The van der Waals surface area contributed by atoms with Gasteiger partial charge < -0.3 is 4.74 Å². The molecule has 0 aliphatic carbocycles. The second kappa shape index (κ2) is 5.42. The van der Waals surface area contributed by atoms with Gasteiger partial charge >= 0.3 is 0 Å². The molecule has 0 saturated carbocycles. The molecule has 0 fully saturated rings. The summed E-state index contributed by atoms with van der Waals surface area (Å²) in [5, 5.41) is 5.73. The van der Waals surface area contributed by atoms with E-state index in [9.17, 15) is 0 Å². The molecule has 0 unspecified atom stereocenters. The van der Waals surface area contributed by atoms with Gasteiger partial charge in [0.15, 0.2) is 0 Å². The van der Waals surface area contributed by atoms with Gasteiger partial charge in [-0.1, -0.05) is 11.6 Å². The maximum atomic E-state index is 6.25. The second-order valence-corrected chi connectivity index (χ2v) is 5.63. The standard InChI is InChI=1S/C14H11BrClN3O/c1-20-12-3-2-9-4-10(14(16)18-13(9)5-12)7-19-8-11(15)6-17-19/h2-6,8H,7H2,1H3. The SMILES string of the molecule is COc1ccc2cc(Cn3cc(Br)cn3)c(Cl)nc2c1. The number of pyridine rings is 1. The number of halogens is 2. The zero-order chi connectivity index (χ0) is 14.1. The first-order valence-electron chi connectivity index (χ1n) is 5.97. The monoisotopic (exact) mass is 351 g/mol. The molecule has 0 bridgehead atoms. The number of aromatic nitrogens is 3. The van der Waals surface area contributed by atoms with Crippen LogP contribution in [0.5, 0.6) is 5.75 Å². The summed E-state index contributed by atoms with van der Waals surface area (Å²) in [4.78, 5) is 4.42. The molecule has 0 aliphatic heterocycles. The third-order valence-corrected chi connectivity index (χ3v) is 3.72. The molecule has 0 saturated heterocycles. The van der Waals surface area contributed by atoms with Crippen molar-refractivity contribution in [3.63, 3.8) is 0 Å². The van der Waals surface area contributed by atoms with Crippen molar-refractivity contribution in [1.29, 1.82) is 0 Å². The lowest BCUT2D eigenvalue weighted by Gasteiger charge is -2.07. The van der Waals surface area contributed by atoms with Crippen LogP contribution in [0.25, 0.3) is 10.9 Å². The van der Waals surface area contributed by atoms with Gasteiger partial charge in [-0.05, 0) is 34.1 Å². The number of hydrogen-bond acceptors (Lipinski definition) is 3. The Labute approximate surface area is 129 Å². The smallest absolute Gasteiger partial charge is 0.134 e. The normalized spacial score (nSPS) is 10.9. The van der Waals surface area contributed by atoms with Crippen molar-refractivity contribution in [1.82, 2.24) is 14.8 Å². The summed E-state index contributed by atoms with van der Waals surface area (Å²) in [5.41, 5.74) is 1.75. The molecule has 6 heteroatoms. The molecule has 3 aromatic rings. The summed E-state index contributed by atoms with van der Waals surface area (Å²) >= 11 is 9.62. The summed E-state index contributed by atoms with van der Waals surface area (Å²) in [6.45, 7) is 0.583. The predicted octanol–water partition coefficient (Wildman–Crippen LogP) is 3.90. The van der Waals surface area contributed by atoms with Crippen molar-refractivity contribution in [2.24, 2.45) is 0 Å². The van der Waals surface area contributed by atoms with Gasteiger partial charge in [-0.25, -0.2) is 4.98 Å². The Morgan fingerprint density at radius 3 is 2.90 bits per heavy atom. The number of rotatable bonds is 3. The number of fused-ring (bicyclic) bond motifs is 1. The first-order valence-corrected chi connectivity index (χ1v) is 7.14. The fourth-order valence-electron chi connectivity index (χ4n) is 2.00. The molecular formula is C14H11BrClN3O. The molecule has 2 aromatic heterocycles. The maximum Gasteiger partial charge on any atom is 0.134 e. The summed E-state index contributed by atoms with van der Waals surface area (Å²) in [7, 11) is 1.63. The van der Waals surface area contributed by atoms with Gasteiger partial charge in [0.25, 0.3) is 0 Å². The molecule has 0 amide bonds. The minimum Gasteiger partial charge on any atom is -0.497 e. The largest absolute Gasteiger partial charge is 0.497 e. The fraction of sp³-hybridized carbons (Fsp3) is 0.143. The van der Waals surface area contributed by atoms with Crippen LogP contribution in [0.4, 0.5) is 0 Å². The topological polar surface area (TPSA) is 39.9 Å². The summed E-state index contributed by atoms with van der Waals surface area (Å²) in [5.74, 6) is 0.768. The van der Waals surface area contributed by atoms with Crippen LogP contribution in [0, 0.1) is 0 Å². The van der Waals surface area contributed by atoms with Crippen molar-refractivity contribution in [3.05, 3.63) is 51.8 Å². The molecule has 1 aromatic carbocycles. The number of benzene rings is 1. The van der Waals surface area contributed by atoms with E-state index in [-0.39, 0.29) is 0 Å². The first-order chi connectivity index (χ1) is 9.65. The van der Waals surface area contributed by atoms with Crippen LogP contribution in [0.15, 0.2) is 41.1 Å². The summed E-state index contributed by atoms with van der Waals surface area (Å²) < 4.78 is 7.93. The average molecular weight is 353 g/mol. The number of nitrogens with zero attached hydrogens (tertiary/aromatic N) is 3. The lowest BCUT2D eigenvalue weighted by Crippen LogP contribution is -2.01. The lowest BCUT2D eigenvalue weighted by molar-refractivity contribution is 0.415. The maximum absolute atomic E-state index is 6.25. The lowest BCUT2D eigenvalue weighted by atomic mass is 10.1. The van der Waals surface area contributed by atoms with E-state index in [0.717, 1.165) is 26.7 Å². The highest BCUT2D eigenvalue weighted by Crippen LogP contribution is 2.24. The zero-order valence-electron chi connectivity index (χ0n) is 10.7. The number of methoxy groups -OCH3 is 1. The van der Waals surface area contributed by atoms with Crippen molar-refractivity contribution in [2.75, 3.05) is 7.11 Å². The Kier molecular flexibility index (Phi) is 3.63. The Morgan fingerprint density at radius 2 is 2.20 bits per heavy atom. The van der Waals surface area contributed by atoms with Gasteiger partial charge in [-0.15, -0.1) is 0 Å². The predicted molar refractivity (Wildman–Crippen MR) is 82.3 cm³/mol. The van der Waals surface area contributed by atoms with Crippen LogP contribution in [-0.2, 0) is 6.54 Å². The van der Waals surface area contributed by atoms with E-state index in [2.05, 4.69) is 26.0 Å². The summed E-state index contributed by atoms with van der Waals surface area (Å²) in [6.07, 6.45) is 3.64. The number of hydrogen-bond donors (Lipinski definition) is 0. The van der Waals surface area contributed by atoms with E-state index in [1.165, 1.54) is 0 Å². The Balaban J connectivity index is 2.01. The van der Waals surface area contributed by atoms with E-state index < -0.39 is 0 Å². The molecule has 2 heterocycles. The van der Waals surface area contributed by atoms with E-state index in [1.54, 1.807) is 13.3 Å². The van der Waals surface area contributed by atoms with Gasteiger partial charge in [-0.3, -0.25) is 4.68 Å². The third-order valence-electron chi connectivity index (χ3n) is 2.99. The van der Waals surface area contributed by atoms with Crippen molar-refractivity contribution < 1.29 is 4.74 Å². The van der Waals surface area contributed by atoms with Gasteiger partial charge in [0.1, 0.15) is 10.9 Å². The third kappa shape index (κ3) is 2.64. The van der Waals surface area contributed by atoms with E-state index in [1.807, 2.05) is 35.1 Å². The molecule has 4 nitrogen and oxygen atoms in total. The number of ether oxygens (including phenoxy) is 1. The Hall–Kier alpha value is -1.59. The van der Waals surface area contributed by atoms with E-state index >= 15 is 0 Å². The Morgan fingerprint density at radius 1 is 1.35 bits per heavy atom. The average Bonchev–Trinajstić information content (AvgIpc) is 2.84. The molecule has 20 heavy (non-hydrogen) atoms. The van der Waals surface area contributed by atoms with Crippen LogP contribution >= 0.6 is 27.5 Å². The Bertz CT molecular complexity index is 772. The van der Waals surface area contributed by atoms with Crippen molar-refractivity contribution in [2.45, 2.75) is 6.54 Å². The summed E-state index contributed by atoms with van der Waals surface area (Å²) in [6, 6.07) is 7.78. The van der Waals surface area contributed by atoms with E-state index in [0.29, 0.717) is 11.7 Å². The van der Waals surface area contributed by atoms with Crippen molar-refractivity contribution >= 4 is 38.4 Å². The van der Waals surface area contributed by atoms with Crippen LogP contribution < -0.4 is 4.74 Å². The second-order valence-electron chi connectivity index (χ2n) is 4.35. The highest BCUT2D eigenvalue weighted by molar-refractivity contribution is 9.10.